The maximum absolute atomic E-state index is 12.5. The average Bonchev–Trinajstić information content (AvgIpc) is 3.15. The predicted octanol–water partition coefficient (Wildman–Crippen LogP) is 6.09. The van der Waals surface area contributed by atoms with Gasteiger partial charge in [-0.2, -0.15) is 0 Å². The third-order valence-electron chi connectivity index (χ3n) is 6.06. The summed E-state index contributed by atoms with van der Waals surface area (Å²) in [6.07, 6.45) is 4.10. The van der Waals surface area contributed by atoms with Crippen molar-refractivity contribution in [3.05, 3.63) is 75.8 Å². The molecule has 0 radical (unpaired) electrons. The highest BCUT2D eigenvalue weighted by Crippen LogP contribution is 2.30. The summed E-state index contributed by atoms with van der Waals surface area (Å²) in [5.74, 6) is 1.76. The molecule has 5 heteroatoms. The first-order valence-corrected chi connectivity index (χ1v) is 11.4. The van der Waals surface area contributed by atoms with E-state index in [4.69, 9.17) is 13.6 Å². The molecular weight excluding hydrogens is 402 g/mol. The van der Waals surface area contributed by atoms with Crippen LogP contribution in [0.4, 0.5) is 0 Å². The van der Waals surface area contributed by atoms with E-state index in [0.29, 0.717) is 16.6 Å². The van der Waals surface area contributed by atoms with Crippen molar-refractivity contribution >= 4 is 21.9 Å². The van der Waals surface area contributed by atoms with Crippen molar-refractivity contribution in [1.29, 1.82) is 0 Å². The second-order valence-electron chi connectivity index (χ2n) is 8.32. The number of ether oxygens (including phenoxy) is 1. The van der Waals surface area contributed by atoms with Crippen LogP contribution in [0.1, 0.15) is 43.1 Å². The number of fused-ring (bicyclic) bond motifs is 3. The molecule has 0 unspecified atom stereocenters. The van der Waals surface area contributed by atoms with Crippen molar-refractivity contribution in [2.24, 2.45) is 0 Å². The number of unbranched alkanes of at least 4 members (excludes halogenated alkanes) is 1. The lowest BCUT2D eigenvalue weighted by atomic mass is 10.1. The number of furan rings is 1. The van der Waals surface area contributed by atoms with E-state index < -0.39 is 0 Å². The first kappa shape index (κ1) is 22.2. The lowest BCUT2D eigenvalue weighted by Crippen LogP contribution is -2.26. The van der Waals surface area contributed by atoms with Crippen LogP contribution < -0.4 is 10.4 Å². The van der Waals surface area contributed by atoms with Gasteiger partial charge in [-0.05, 0) is 62.7 Å². The molecular formula is C27H31NO4. The van der Waals surface area contributed by atoms with Gasteiger partial charge in [0.2, 0.25) is 0 Å². The molecule has 0 N–H and O–H groups in total. The highest BCUT2D eigenvalue weighted by Gasteiger charge is 2.18. The Morgan fingerprint density at radius 2 is 1.72 bits per heavy atom. The third-order valence-corrected chi connectivity index (χ3v) is 6.06. The molecule has 168 valence electrons. The van der Waals surface area contributed by atoms with Crippen LogP contribution in [0.2, 0.25) is 0 Å². The molecule has 0 spiro atoms. The van der Waals surface area contributed by atoms with Gasteiger partial charge in [0.15, 0.2) is 5.58 Å². The molecule has 5 nitrogen and oxygen atoms in total. The van der Waals surface area contributed by atoms with Crippen LogP contribution in [0.3, 0.4) is 0 Å². The number of aryl methyl sites for hydroxylation is 2. The molecule has 2 aromatic heterocycles. The summed E-state index contributed by atoms with van der Waals surface area (Å²) in [4.78, 5) is 15.0. The zero-order valence-corrected chi connectivity index (χ0v) is 19.1. The zero-order valence-electron chi connectivity index (χ0n) is 19.1. The molecule has 2 aromatic carbocycles. The number of benzene rings is 2. The van der Waals surface area contributed by atoms with Gasteiger partial charge in [0.05, 0.1) is 12.5 Å². The standard InChI is InChI=1S/C27H31NO4/c1-4-5-16-28(18-20-12-14-21(30-3)15-13-20)17-8-11-23-19(2)25-26(31-23)22-9-6-7-10-24(22)32-27(25)29/h6-7,9-10,12-15H,4-5,8,11,16-18H2,1-3H3. The summed E-state index contributed by atoms with van der Waals surface area (Å²) in [6.45, 7) is 7.13. The van der Waals surface area contributed by atoms with E-state index in [9.17, 15) is 4.79 Å². The lowest BCUT2D eigenvalue weighted by molar-refractivity contribution is 0.256. The van der Waals surface area contributed by atoms with Crippen LogP contribution >= 0.6 is 0 Å². The molecule has 0 saturated carbocycles. The predicted molar refractivity (Wildman–Crippen MR) is 128 cm³/mol. The van der Waals surface area contributed by atoms with E-state index in [1.54, 1.807) is 13.2 Å². The topological polar surface area (TPSA) is 55.8 Å². The van der Waals surface area contributed by atoms with E-state index >= 15 is 0 Å². The van der Waals surface area contributed by atoms with Crippen LogP contribution in [0.25, 0.3) is 21.9 Å². The second-order valence-corrected chi connectivity index (χ2v) is 8.32. The molecule has 0 atom stereocenters. The number of nitrogens with zero attached hydrogens (tertiary/aromatic N) is 1. The fourth-order valence-electron chi connectivity index (χ4n) is 4.23. The minimum Gasteiger partial charge on any atom is -0.497 e. The molecule has 2 heterocycles. The van der Waals surface area contributed by atoms with Gasteiger partial charge in [0.25, 0.3) is 0 Å². The van der Waals surface area contributed by atoms with Crippen LogP contribution in [-0.2, 0) is 13.0 Å². The summed E-state index contributed by atoms with van der Waals surface area (Å²) < 4.78 is 17.0. The first-order valence-electron chi connectivity index (χ1n) is 11.4. The lowest BCUT2D eigenvalue weighted by Gasteiger charge is -2.22. The molecule has 4 rings (SSSR count). The second kappa shape index (κ2) is 10.0. The molecule has 0 bridgehead atoms. The molecule has 0 fully saturated rings. The monoisotopic (exact) mass is 433 g/mol. The van der Waals surface area contributed by atoms with Crippen molar-refractivity contribution < 1.29 is 13.6 Å². The van der Waals surface area contributed by atoms with E-state index in [1.807, 2.05) is 37.3 Å². The first-order chi connectivity index (χ1) is 15.6. The maximum Gasteiger partial charge on any atom is 0.347 e. The summed E-state index contributed by atoms with van der Waals surface area (Å²) >= 11 is 0. The Bertz CT molecular complexity index is 1240. The number of rotatable bonds is 10. The molecule has 32 heavy (non-hydrogen) atoms. The Hall–Kier alpha value is -3.05. The zero-order chi connectivity index (χ0) is 22.5. The minimum absolute atomic E-state index is 0.324. The molecule has 0 amide bonds. The molecule has 0 aliphatic heterocycles. The summed E-state index contributed by atoms with van der Waals surface area (Å²) in [5, 5.41) is 1.42. The van der Waals surface area contributed by atoms with Gasteiger partial charge in [0.1, 0.15) is 22.5 Å². The molecule has 0 saturated heterocycles. The average molecular weight is 434 g/mol. The van der Waals surface area contributed by atoms with Crippen molar-refractivity contribution in [3.63, 3.8) is 0 Å². The summed E-state index contributed by atoms with van der Waals surface area (Å²) in [6, 6.07) is 15.8. The SMILES string of the molecule is CCCCN(CCCc1oc2c(c1C)c(=O)oc1ccccc12)Cc1ccc(OC)cc1. The Morgan fingerprint density at radius 1 is 0.969 bits per heavy atom. The molecule has 0 aliphatic rings. The minimum atomic E-state index is -0.324. The van der Waals surface area contributed by atoms with Gasteiger partial charge in [-0.3, -0.25) is 4.90 Å². The van der Waals surface area contributed by atoms with Gasteiger partial charge >= 0.3 is 5.63 Å². The Kier molecular flexibility index (Phi) is 6.96. The number of hydrogen-bond donors (Lipinski definition) is 0. The number of hydrogen-bond acceptors (Lipinski definition) is 5. The van der Waals surface area contributed by atoms with Crippen molar-refractivity contribution in [2.75, 3.05) is 20.2 Å². The van der Waals surface area contributed by atoms with E-state index in [0.717, 1.165) is 54.9 Å². The van der Waals surface area contributed by atoms with E-state index in [1.165, 1.54) is 18.4 Å². The summed E-state index contributed by atoms with van der Waals surface area (Å²) in [5.41, 5.74) is 3.07. The van der Waals surface area contributed by atoms with E-state index in [-0.39, 0.29) is 5.63 Å². The number of para-hydroxylation sites is 1. The Balaban J connectivity index is 1.48. The van der Waals surface area contributed by atoms with Gasteiger partial charge in [-0.25, -0.2) is 4.79 Å². The van der Waals surface area contributed by atoms with Crippen molar-refractivity contribution in [2.45, 2.75) is 46.1 Å². The van der Waals surface area contributed by atoms with Crippen molar-refractivity contribution in [3.8, 4) is 5.75 Å². The summed E-state index contributed by atoms with van der Waals surface area (Å²) in [7, 11) is 1.69. The van der Waals surface area contributed by atoms with Gasteiger partial charge in [-0.1, -0.05) is 37.6 Å². The van der Waals surface area contributed by atoms with Gasteiger partial charge < -0.3 is 13.6 Å². The van der Waals surface area contributed by atoms with Crippen LogP contribution in [0, 0.1) is 6.92 Å². The highest BCUT2D eigenvalue weighted by atomic mass is 16.5. The van der Waals surface area contributed by atoms with Crippen LogP contribution in [-0.4, -0.2) is 25.1 Å². The maximum atomic E-state index is 12.5. The fraction of sp³-hybridized carbons (Fsp3) is 0.370. The molecule has 4 aromatic rings. The Morgan fingerprint density at radius 3 is 2.47 bits per heavy atom. The van der Waals surface area contributed by atoms with E-state index in [2.05, 4.69) is 24.0 Å². The highest BCUT2D eigenvalue weighted by molar-refractivity contribution is 6.02. The largest absolute Gasteiger partial charge is 0.497 e. The van der Waals surface area contributed by atoms with Crippen LogP contribution in [0.5, 0.6) is 5.75 Å². The fourth-order valence-corrected chi connectivity index (χ4v) is 4.23. The van der Waals surface area contributed by atoms with Gasteiger partial charge in [0, 0.05) is 18.5 Å². The smallest absolute Gasteiger partial charge is 0.347 e. The number of methoxy groups -OCH3 is 1. The normalized spacial score (nSPS) is 11.6. The third kappa shape index (κ3) is 4.73. The quantitative estimate of drug-likeness (QED) is 0.283. The van der Waals surface area contributed by atoms with Crippen molar-refractivity contribution in [1.82, 2.24) is 4.90 Å². The van der Waals surface area contributed by atoms with Gasteiger partial charge in [-0.15, -0.1) is 0 Å². The van der Waals surface area contributed by atoms with Crippen LogP contribution in [0.15, 0.2) is 62.2 Å². The molecule has 0 aliphatic carbocycles. The Labute approximate surface area is 188 Å².